The highest BCUT2D eigenvalue weighted by Crippen LogP contribution is 2.35. The molecule has 0 radical (unpaired) electrons. The van der Waals surface area contributed by atoms with Crippen LogP contribution in [0.4, 0.5) is 0 Å². The average Bonchev–Trinajstić information content (AvgIpc) is 2.43. The van der Waals surface area contributed by atoms with Crippen LogP contribution in [0.1, 0.15) is 57.2 Å². The number of hydrogen-bond acceptors (Lipinski definition) is 2. The molecule has 0 aliphatic carbocycles. The third kappa shape index (κ3) is 3.73. The Morgan fingerprint density at radius 2 is 2.11 bits per heavy atom. The van der Waals surface area contributed by atoms with Crippen molar-refractivity contribution in [3.05, 3.63) is 29.3 Å². The fourth-order valence-electron chi connectivity index (χ4n) is 2.80. The fourth-order valence-corrected chi connectivity index (χ4v) is 2.80. The Kier molecular flexibility index (Phi) is 5.26. The average molecular weight is 261 g/mol. The van der Waals surface area contributed by atoms with E-state index < -0.39 is 0 Å². The summed E-state index contributed by atoms with van der Waals surface area (Å²) in [4.78, 5) is 0. The zero-order valence-electron chi connectivity index (χ0n) is 12.5. The van der Waals surface area contributed by atoms with Crippen LogP contribution in [-0.4, -0.2) is 13.2 Å². The van der Waals surface area contributed by atoms with Gasteiger partial charge in [0.15, 0.2) is 0 Å². The van der Waals surface area contributed by atoms with Crippen LogP contribution in [0.3, 0.4) is 0 Å². The maximum absolute atomic E-state index is 5.95. The second-order valence-electron chi connectivity index (χ2n) is 5.87. The van der Waals surface area contributed by atoms with E-state index in [0.717, 1.165) is 37.7 Å². The molecule has 0 saturated carbocycles. The number of ether oxygens (including phenoxy) is 1. The molecule has 1 aromatic carbocycles. The van der Waals surface area contributed by atoms with Crippen LogP contribution in [-0.2, 0) is 6.42 Å². The largest absolute Gasteiger partial charge is 0.493 e. The zero-order valence-corrected chi connectivity index (χ0v) is 12.5. The smallest absolute Gasteiger partial charge is 0.127 e. The Morgan fingerprint density at radius 1 is 1.26 bits per heavy atom. The van der Waals surface area contributed by atoms with Crippen LogP contribution in [0.15, 0.2) is 18.2 Å². The van der Waals surface area contributed by atoms with Gasteiger partial charge in [-0.25, -0.2) is 0 Å². The molecule has 106 valence electrons. The Hall–Kier alpha value is -1.02. The molecule has 1 atom stereocenters. The normalized spacial score (nSPS) is 16.0. The molecule has 0 spiro atoms. The molecule has 1 heterocycles. The van der Waals surface area contributed by atoms with E-state index in [2.05, 4.69) is 44.3 Å². The molecule has 2 nitrogen and oxygen atoms in total. The highest BCUT2D eigenvalue weighted by atomic mass is 16.5. The molecule has 0 saturated heterocycles. The van der Waals surface area contributed by atoms with E-state index in [4.69, 9.17) is 4.74 Å². The lowest BCUT2D eigenvalue weighted by molar-refractivity contribution is 0.280. The minimum Gasteiger partial charge on any atom is -0.493 e. The lowest BCUT2D eigenvalue weighted by atomic mass is 9.93. The summed E-state index contributed by atoms with van der Waals surface area (Å²) in [6.07, 6.45) is 4.74. The van der Waals surface area contributed by atoms with Gasteiger partial charge in [-0.15, -0.1) is 0 Å². The van der Waals surface area contributed by atoms with E-state index >= 15 is 0 Å². The molecule has 1 aliphatic heterocycles. The van der Waals surface area contributed by atoms with Crippen molar-refractivity contribution in [2.24, 2.45) is 5.92 Å². The minimum absolute atomic E-state index is 0.431. The monoisotopic (exact) mass is 261 g/mol. The quantitative estimate of drug-likeness (QED) is 0.832. The van der Waals surface area contributed by atoms with Crippen molar-refractivity contribution < 1.29 is 4.74 Å². The standard InChI is InChI=1S/C17H27NO/c1-4-18-16(11-10-13(2)3)15-9-5-7-14-8-6-12-19-17(14)15/h5,7,9,13,16,18H,4,6,8,10-12H2,1-3H3. The second-order valence-corrected chi connectivity index (χ2v) is 5.87. The van der Waals surface area contributed by atoms with Gasteiger partial charge < -0.3 is 10.1 Å². The van der Waals surface area contributed by atoms with Gasteiger partial charge in [0, 0.05) is 11.6 Å². The highest BCUT2D eigenvalue weighted by molar-refractivity contribution is 5.44. The van der Waals surface area contributed by atoms with Gasteiger partial charge in [-0.1, -0.05) is 39.0 Å². The van der Waals surface area contributed by atoms with Crippen LogP contribution < -0.4 is 10.1 Å². The first-order valence-electron chi connectivity index (χ1n) is 7.70. The van der Waals surface area contributed by atoms with Gasteiger partial charge in [-0.3, -0.25) is 0 Å². The molecular formula is C17H27NO. The number of nitrogens with one attached hydrogen (secondary N) is 1. The minimum atomic E-state index is 0.431. The molecule has 1 aliphatic rings. The van der Waals surface area contributed by atoms with Crippen LogP contribution in [0.2, 0.25) is 0 Å². The Balaban J connectivity index is 2.20. The molecule has 1 N–H and O–H groups in total. The lowest BCUT2D eigenvalue weighted by Crippen LogP contribution is -2.23. The van der Waals surface area contributed by atoms with Gasteiger partial charge in [0.2, 0.25) is 0 Å². The first-order chi connectivity index (χ1) is 9.22. The molecular weight excluding hydrogens is 234 g/mol. The maximum Gasteiger partial charge on any atom is 0.127 e. The molecule has 2 heteroatoms. The van der Waals surface area contributed by atoms with E-state index in [1.807, 2.05) is 0 Å². The SMILES string of the molecule is CCNC(CCC(C)C)c1cccc2c1OCCC2. The number of hydrogen-bond donors (Lipinski definition) is 1. The topological polar surface area (TPSA) is 21.3 Å². The fraction of sp³-hybridized carbons (Fsp3) is 0.647. The third-order valence-corrected chi connectivity index (χ3v) is 3.82. The van der Waals surface area contributed by atoms with Gasteiger partial charge in [0.25, 0.3) is 0 Å². The predicted octanol–water partition coefficient (Wildman–Crippen LogP) is 4.10. The number of benzene rings is 1. The van der Waals surface area contributed by atoms with Crippen LogP contribution in [0, 0.1) is 5.92 Å². The van der Waals surface area contributed by atoms with E-state index in [0.29, 0.717) is 6.04 Å². The van der Waals surface area contributed by atoms with Crippen LogP contribution in [0.5, 0.6) is 5.75 Å². The lowest BCUT2D eigenvalue weighted by Gasteiger charge is -2.26. The molecule has 1 aromatic rings. The van der Waals surface area contributed by atoms with E-state index in [1.54, 1.807) is 0 Å². The van der Waals surface area contributed by atoms with Crippen molar-refractivity contribution in [3.63, 3.8) is 0 Å². The number of aryl methyl sites for hydroxylation is 1. The molecule has 0 amide bonds. The van der Waals surface area contributed by atoms with Crippen molar-refractivity contribution in [2.75, 3.05) is 13.2 Å². The van der Waals surface area contributed by atoms with Crippen molar-refractivity contribution in [1.82, 2.24) is 5.32 Å². The van der Waals surface area contributed by atoms with E-state index in [1.165, 1.54) is 24.0 Å². The van der Waals surface area contributed by atoms with Crippen molar-refractivity contribution >= 4 is 0 Å². The Bertz CT molecular complexity index is 400. The van der Waals surface area contributed by atoms with Crippen molar-refractivity contribution in [3.8, 4) is 5.75 Å². The third-order valence-electron chi connectivity index (χ3n) is 3.82. The highest BCUT2D eigenvalue weighted by Gasteiger charge is 2.20. The molecule has 0 bridgehead atoms. The summed E-state index contributed by atoms with van der Waals surface area (Å²) < 4.78 is 5.95. The summed E-state index contributed by atoms with van der Waals surface area (Å²) in [5.41, 5.74) is 2.75. The summed E-state index contributed by atoms with van der Waals surface area (Å²) >= 11 is 0. The van der Waals surface area contributed by atoms with Gasteiger partial charge in [-0.2, -0.15) is 0 Å². The first-order valence-corrected chi connectivity index (χ1v) is 7.70. The summed E-state index contributed by atoms with van der Waals surface area (Å²) in [5.74, 6) is 1.91. The van der Waals surface area contributed by atoms with Gasteiger partial charge >= 0.3 is 0 Å². The molecule has 0 fully saturated rings. The maximum atomic E-state index is 5.95. The van der Waals surface area contributed by atoms with Gasteiger partial charge in [0.1, 0.15) is 5.75 Å². The molecule has 2 rings (SSSR count). The molecule has 19 heavy (non-hydrogen) atoms. The van der Waals surface area contributed by atoms with Crippen molar-refractivity contribution in [1.29, 1.82) is 0 Å². The molecule has 1 unspecified atom stereocenters. The summed E-state index contributed by atoms with van der Waals surface area (Å²) in [5, 5.41) is 3.62. The second kappa shape index (κ2) is 6.95. The summed E-state index contributed by atoms with van der Waals surface area (Å²) in [6.45, 7) is 8.64. The van der Waals surface area contributed by atoms with Crippen LogP contribution >= 0.6 is 0 Å². The summed E-state index contributed by atoms with van der Waals surface area (Å²) in [7, 11) is 0. The number of para-hydroxylation sites is 1. The predicted molar refractivity (Wildman–Crippen MR) is 80.7 cm³/mol. The molecule has 0 aromatic heterocycles. The van der Waals surface area contributed by atoms with Gasteiger partial charge in [-0.05, 0) is 43.7 Å². The Morgan fingerprint density at radius 3 is 2.84 bits per heavy atom. The van der Waals surface area contributed by atoms with E-state index in [9.17, 15) is 0 Å². The van der Waals surface area contributed by atoms with Crippen LogP contribution in [0.25, 0.3) is 0 Å². The summed E-state index contributed by atoms with van der Waals surface area (Å²) in [6, 6.07) is 7.06. The number of rotatable bonds is 6. The van der Waals surface area contributed by atoms with E-state index in [-0.39, 0.29) is 0 Å². The number of fused-ring (bicyclic) bond motifs is 1. The van der Waals surface area contributed by atoms with Crippen molar-refractivity contribution in [2.45, 2.75) is 52.5 Å². The Labute approximate surface area is 117 Å². The van der Waals surface area contributed by atoms with Gasteiger partial charge in [0.05, 0.1) is 6.61 Å². The first kappa shape index (κ1) is 14.4. The zero-order chi connectivity index (χ0) is 13.7.